The fourth-order valence-electron chi connectivity index (χ4n) is 4.09. The van der Waals surface area contributed by atoms with Crippen LogP contribution < -0.4 is 0 Å². The van der Waals surface area contributed by atoms with Crippen LogP contribution in [0.3, 0.4) is 0 Å². The summed E-state index contributed by atoms with van der Waals surface area (Å²) in [7, 11) is 0. The van der Waals surface area contributed by atoms with Crippen molar-refractivity contribution in [1.82, 2.24) is 0 Å². The number of fused-ring (bicyclic) bond motifs is 3. The minimum absolute atomic E-state index is 0.883. The third-order valence-electron chi connectivity index (χ3n) is 5.37. The highest BCUT2D eigenvalue weighted by molar-refractivity contribution is 9.10. The van der Waals surface area contributed by atoms with Crippen LogP contribution in [0.25, 0.3) is 22.3 Å². The van der Waals surface area contributed by atoms with Crippen molar-refractivity contribution < 1.29 is 5.11 Å². The van der Waals surface area contributed by atoms with Crippen LogP contribution in [0.1, 0.15) is 16.7 Å². The number of halogens is 1. The molecule has 0 heterocycles. The summed E-state index contributed by atoms with van der Waals surface area (Å²) in [6.07, 6.45) is 0. The van der Waals surface area contributed by atoms with Gasteiger partial charge in [-0.3, -0.25) is 0 Å². The van der Waals surface area contributed by atoms with E-state index in [-0.39, 0.29) is 0 Å². The fraction of sp³-hybridized carbons (Fsp3) is 0.0400. The summed E-state index contributed by atoms with van der Waals surface area (Å²) in [5, 5.41) is 12.0. The molecule has 0 saturated carbocycles. The van der Waals surface area contributed by atoms with Gasteiger partial charge in [-0.15, -0.1) is 0 Å². The van der Waals surface area contributed by atoms with E-state index in [2.05, 4.69) is 52.3 Å². The molecule has 1 unspecified atom stereocenters. The summed E-state index contributed by atoms with van der Waals surface area (Å²) < 4.78 is 0.965. The molecule has 0 bridgehead atoms. The molecular weight excluding hydrogens is 396 g/mol. The van der Waals surface area contributed by atoms with E-state index in [4.69, 9.17) is 0 Å². The van der Waals surface area contributed by atoms with Crippen molar-refractivity contribution in [3.05, 3.63) is 118 Å². The Bertz CT molecular complexity index is 1150. The Morgan fingerprint density at radius 3 is 2.15 bits per heavy atom. The average molecular weight is 413 g/mol. The monoisotopic (exact) mass is 412 g/mol. The molecule has 0 aromatic heterocycles. The largest absolute Gasteiger partial charge is 0.376 e. The molecule has 0 aliphatic heterocycles. The molecule has 4 aromatic carbocycles. The van der Waals surface area contributed by atoms with Crippen LogP contribution in [0.5, 0.6) is 0 Å². The van der Waals surface area contributed by atoms with E-state index < -0.39 is 5.60 Å². The topological polar surface area (TPSA) is 20.2 Å². The highest BCUT2D eigenvalue weighted by atomic mass is 79.9. The second kappa shape index (κ2) is 6.19. The van der Waals surface area contributed by atoms with Crippen molar-refractivity contribution in [2.24, 2.45) is 0 Å². The minimum atomic E-state index is -1.17. The maximum Gasteiger partial charge on any atom is 0.141 e. The van der Waals surface area contributed by atoms with Crippen molar-refractivity contribution >= 4 is 15.9 Å². The summed E-state index contributed by atoms with van der Waals surface area (Å²) in [5.41, 5.74) is 5.99. The number of hydrogen-bond donors (Lipinski definition) is 1. The maximum atomic E-state index is 12.0. The highest BCUT2D eigenvalue weighted by Crippen LogP contribution is 2.51. The number of hydrogen-bond acceptors (Lipinski definition) is 1. The van der Waals surface area contributed by atoms with Gasteiger partial charge in [0.2, 0.25) is 0 Å². The molecule has 27 heavy (non-hydrogen) atoms. The zero-order chi connectivity index (χ0) is 18.4. The SMILES string of the molecule is OC1(c2cccc(-c3ccccc3)c2)c2ccccc2-c2ccc(Br)cc21. The first-order valence-electron chi connectivity index (χ1n) is 8.96. The van der Waals surface area contributed by atoms with Gasteiger partial charge >= 0.3 is 0 Å². The molecule has 0 amide bonds. The quantitative estimate of drug-likeness (QED) is 0.404. The van der Waals surface area contributed by atoms with Crippen molar-refractivity contribution in [2.75, 3.05) is 0 Å². The molecule has 1 aliphatic carbocycles. The standard InChI is InChI=1S/C25H17BrO/c26-20-13-14-22-21-11-4-5-12-23(21)25(27,24(22)16-20)19-10-6-9-18(15-19)17-7-2-1-3-8-17/h1-16,27H. The lowest BCUT2D eigenvalue weighted by Gasteiger charge is -2.27. The second-order valence-corrected chi connectivity index (χ2v) is 7.81. The Labute approximate surface area is 167 Å². The van der Waals surface area contributed by atoms with Gasteiger partial charge in [0.05, 0.1) is 0 Å². The van der Waals surface area contributed by atoms with Gasteiger partial charge in [0.25, 0.3) is 0 Å². The lowest BCUT2D eigenvalue weighted by atomic mass is 9.83. The highest BCUT2D eigenvalue weighted by Gasteiger charge is 2.43. The Hall–Kier alpha value is -2.68. The van der Waals surface area contributed by atoms with Crippen molar-refractivity contribution in [2.45, 2.75) is 5.60 Å². The summed E-state index contributed by atoms with van der Waals surface area (Å²) in [5.74, 6) is 0. The first kappa shape index (κ1) is 16.5. The summed E-state index contributed by atoms with van der Waals surface area (Å²) in [6.45, 7) is 0. The number of aliphatic hydroxyl groups is 1. The molecule has 130 valence electrons. The van der Waals surface area contributed by atoms with E-state index in [9.17, 15) is 5.11 Å². The zero-order valence-electron chi connectivity index (χ0n) is 14.6. The molecule has 0 fully saturated rings. The van der Waals surface area contributed by atoms with E-state index in [0.29, 0.717) is 0 Å². The second-order valence-electron chi connectivity index (χ2n) is 6.89. The Balaban J connectivity index is 1.77. The maximum absolute atomic E-state index is 12.0. The lowest BCUT2D eigenvalue weighted by molar-refractivity contribution is 0.130. The molecular formula is C25H17BrO. The summed E-state index contributed by atoms with van der Waals surface area (Å²) in [4.78, 5) is 0. The van der Waals surface area contributed by atoms with Gasteiger partial charge in [0.15, 0.2) is 0 Å². The summed E-state index contributed by atoms with van der Waals surface area (Å²) >= 11 is 3.57. The van der Waals surface area contributed by atoms with Crippen LogP contribution in [0.2, 0.25) is 0 Å². The van der Waals surface area contributed by atoms with Gasteiger partial charge in [-0.05, 0) is 46.0 Å². The predicted octanol–water partition coefficient (Wildman–Crippen LogP) is 6.38. The fourth-order valence-corrected chi connectivity index (χ4v) is 4.46. The van der Waals surface area contributed by atoms with Gasteiger partial charge in [-0.2, -0.15) is 0 Å². The van der Waals surface area contributed by atoms with Crippen LogP contribution in [-0.4, -0.2) is 5.11 Å². The van der Waals surface area contributed by atoms with Crippen molar-refractivity contribution in [3.8, 4) is 22.3 Å². The van der Waals surface area contributed by atoms with Gasteiger partial charge in [-0.25, -0.2) is 0 Å². The third kappa shape index (κ3) is 2.48. The van der Waals surface area contributed by atoms with E-state index in [0.717, 1.165) is 43.4 Å². The van der Waals surface area contributed by atoms with Crippen molar-refractivity contribution in [1.29, 1.82) is 0 Å². The van der Waals surface area contributed by atoms with Gasteiger partial charge in [0.1, 0.15) is 5.60 Å². The zero-order valence-corrected chi connectivity index (χ0v) is 16.1. The molecule has 5 rings (SSSR count). The smallest absolute Gasteiger partial charge is 0.141 e. The van der Waals surface area contributed by atoms with Crippen molar-refractivity contribution in [3.63, 3.8) is 0 Å². The molecule has 1 N–H and O–H groups in total. The molecule has 4 aromatic rings. The minimum Gasteiger partial charge on any atom is -0.376 e. The van der Waals surface area contributed by atoms with Gasteiger partial charge in [-0.1, -0.05) is 94.8 Å². The molecule has 0 radical (unpaired) electrons. The van der Waals surface area contributed by atoms with Crippen LogP contribution in [-0.2, 0) is 5.60 Å². The van der Waals surface area contributed by atoms with E-state index >= 15 is 0 Å². The predicted molar refractivity (Wildman–Crippen MR) is 114 cm³/mol. The number of rotatable bonds is 2. The normalized spacial score (nSPS) is 17.4. The Kier molecular flexibility index (Phi) is 3.78. The van der Waals surface area contributed by atoms with Crippen LogP contribution in [0.15, 0.2) is 102 Å². The van der Waals surface area contributed by atoms with E-state index in [1.165, 1.54) is 0 Å². The molecule has 0 saturated heterocycles. The lowest BCUT2D eigenvalue weighted by Crippen LogP contribution is -2.26. The number of benzene rings is 4. The molecule has 1 nitrogen and oxygen atoms in total. The molecule has 2 heteroatoms. The summed E-state index contributed by atoms with van der Waals surface area (Å²) in [6, 6.07) is 32.8. The van der Waals surface area contributed by atoms with Crippen LogP contribution in [0.4, 0.5) is 0 Å². The Morgan fingerprint density at radius 1 is 0.593 bits per heavy atom. The van der Waals surface area contributed by atoms with Gasteiger partial charge < -0.3 is 5.11 Å². The average Bonchev–Trinajstić information content (AvgIpc) is 2.98. The third-order valence-corrected chi connectivity index (χ3v) is 5.86. The molecule has 0 spiro atoms. The van der Waals surface area contributed by atoms with E-state index in [1.807, 2.05) is 60.7 Å². The van der Waals surface area contributed by atoms with E-state index in [1.54, 1.807) is 0 Å². The van der Waals surface area contributed by atoms with Crippen LogP contribution >= 0.6 is 15.9 Å². The Morgan fingerprint density at radius 2 is 1.30 bits per heavy atom. The molecule has 1 atom stereocenters. The first-order chi connectivity index (χ1) is 13.2. The van der Waals surface area contributed by atoms with Gasteiger partial charge in [0, 0.05) is 15.6 Å². The first-order valence-corrected chi connectivity index (χ1v) is 9.75. The molecule has 1 aliphatic rings. The van der Waals surface area contributed by atoms with Crippen LogP contribution in [0, 0.1) is 0 Å².